The molecule has 0 radical (unpaired) electrons. The van der Waals surface area contributed by atoms with Crippen molar-refractivity contribution in [3.63, 3.8) is 0 Å². The first-order valence-electron chi connectivity index (χ1n) is 25.5. The molecule has 4 aliphatic rings. The van der Waals surface area contributed by atoms with Crippen LogP contribution in [0.1, 0.15) is 129 Å². The normalized spacial score (nSPS) is 20.1. The van der Waals surface area contributed by atoms with Gasteiger partial charge < -0.3 is 18.9 Å². The minimum absolute atomic E-state index is 0.0210. The Morgan fingerprint density at radius 1 is 0.358 bits per heavy atom. The van der Waals surface area contributed by atoms with Gasteiger partial charge in [0.15, 0.2) is 6.61 Å². The number of rotatable bonds is 22. The zero-order valence-corrected chi connectivity index (χ0v) is 47.3. The first kappa shape index (κ1) is 75.6. The van der Waals surface area contributed by atoms with Gasteiger partial charge in [-0.2, -0.15) is 57.1 Å². The van der Waals surface area contributed by atoms with Crippen molar-refractivity contribution in [2.45, 2.75) is 165 Å². The lowest BCUT2D eigenvalue weighted by molar-refractivity contribution is -0.286. The summed E-state index contributed by atoms with van der Waals surface area (Å²) in [5.41, 5.74) is 0. The second-order valence-corrected chi connectivity index (χ2v) is 29.3. The predicted octanol–water partition coefficient (Wildman–Crippen LogP) is 9.32. The van der Waals surface area contributed by atoms with Crippen molar-refractivity contribution in [1.82, 2.24) is 0 Å². The van der Waals surface area contributed by atoms with Crippen LogP contribution in [0.4, 0.5) is 65.9 Å². The third-order valence-electron chi connectivity index (χ3n) is 13.2. The molecule has 81 heavy (non-hydrogen) atoms. The Bertz CT molecular complexity index is 2280. The molecule has 0 aromatic rings. The van der Waals surface area contributed by atoms with Crippen molar-refractivity contribution < 1.29 is 138 Å². The number of sulfone groups is 4. The van der Waals surface area contributed by atoms with Crippen LogP contribution in [0.5, 0.6) is 0 Å². The molecule has 0 spiro atoms. The van der Waals surface area contributed by atoms with Crippen LogP contribution in [0.15, 0.2) is 0 Å². The van der Waals surface area contributed by atoms with Gasteiger partial charge >= 0.3 is 60.2 Å². The maximum absolute atomic E-state index is 12.9. The van der Waals surface area contributed by atoms with E-state index in [0.717, 1.165) is 0 Å². The minimum Gasteiger partial charge on any atom is -0.465 e. The molecule has 0 aromatic heterocycles. The van der Waals surface area contributed by atoms with Crippen LogP contribution in [-0.4, -0.2) is 166 Å². The van der Waals surface area contributed by atoms with Gasteiger partial charge in [-0.05, 0) is 101 Å². The van der Waals surface area contributed by atoms with E-state index < -0.39 is 145 Å². The Hall–Kier alpha value is -3.37. The van der Waals surface area contributed by atoms with E-state index >= 15 is 0 Å². The number of carbonyl (C=O) groups excluding carboxylic acids is 4. The van der Waals surface area contributed by atoms with Crippen LogP contribution in [0.3, 0.4) is 0 Å². The summed E-state index contributed by atoms with van der Waals surface area (Å²) in [5.74, 6) is -15.4. The second kappa shape index (κ2) is 32.8. The maximum atomic E-state index is 12.9. The van der Waals surface area contributed by atoms with Gasteiger partial charge in [-0.25, -0.2) is 42.5 Å². The number of carbonyl (C=O) groups is 4. The summed E-state index contributed by atoms with van der Waals surface area (Å²) in [6, 6.07) is 0. The molecule has 0 saturated carbocycles. The zero-order valence-electron chi connectivity index (χ0n) is 44.1. The fourth-order valence-corrected chi connectivity index (χ4v) is 14.2. The van der Waals surface area contributed by atoms with Gasteiger partial charge in [0.25, 0.3) is 0 Å². The number of esters is 4. The third-order valence-corrected chi connectivity index (χ3v) is 20.0. The zero-order chi connectivity index (χ0) is 62.4. The number of hydrogen-bond donors (Lipinski definition) is 0. The monoisotopic (exact) mass is 1290 g/mol. The highest BCUT2D eigenvalue weighted by Crippen LogP contribution is 2.39. The average Bonchev–Trinajstić information content (AvgIpc) is 3.31. The van der Waals surface area contributed by atoms with Crippen LogP contribution in [0, 0.1) is 23.7 Å². The fourth-order valence-electron chi connectivity index (χ4n) is 7.88. The van der Waals surface area contributed by atoms with Crippen molar-refractivity contribution in [2.75, 3.05) is 72.5 Å². The Labute approximate surface area is 460 Å². The highest BCUT2D eigenvalue weighted by molar-refractivity contribution is 7.92. The Balaban J connectivity index is 0.000000542. The summed E-state index contributed by atoms with van der Waals surface area (Å²) in [5, 5.41) is 0. The van der Waals surface area contributed by atoms with Gasteiger partial charge in [0.1, 0.15) is 39.3 Å². The standard InChI is InChI=1S/C13H20F4O4S.C12H17F5O4S.C11H17F3O4S.C10H15F3O4S/c1-12(14,15)13(16,17)6-7-21-11(18)3-2-10-4-8-22(19,20)9-5-10;13-11(14,12(15,16)17)5-6-21-10(18)2-1-9-3-7-22(19,20)8-4-9;12-11(13,14)5-6-18-10(15)2-1-9-3-7-19(16,17)8-4-9;11-10(12,13)7-17-9(14)2-1-8-3-5-18(15,16)6-4-8/h10H,2-9H2,1H3;9H,1-8H2;9H,1-8H2;8H,1-7H2. The summed E-state index contributed by atoms with van der Waals surface area (Å²) in [4.78, 5) is 44.9. The number of halogens is 15. The average molecular weight is 1290 g/mol. The number of alkyl halides is 15. The lowest BCUT2D eigenvalue weighted by atomic mass is 9.97. The quantitative estimate of drug-likeness (QED) is 0.0557. The highest BCUT2D eigenvalue weighted by atomic mass is 32.2. The molecule has 0 amide bonds. The van der Waals surface area contributed by atoms with E-state index in [0.29, 0.717) is 77.0 Å². The summed E-state index contributed by atoms with van der Waals surface area (Å²) >= 11 is 0. The molecule has 16 nitrogen and oxygen atoms in total. The van der Waals surface area contributed by atoms with E-state index in [9.17, 15) is 119 Å². The summed E-state index contributed by atoms with van der Waals surface area (Å²) in [6.07, 6.45) is -13.3. The first-order valence-corrected chi connectivity index (χ1v) is 32.8. The smallest absolute Gasteiger partial charge is 0.453 e. The van der Waals surface area contributed by atoms with Gasteiger partial charge in [0.05, 0.1) is 85.1 Å². The molecule has 4 rings (SSSR count). The van der Waals surface area contributed by atoms with Gasteiger partial charge in [0, 0.05) is 32.6 Å². The molecule has 0 unspecified atom stereocenters. The SMILES string of the molecule is CC(F)(F)C(F)(F)CCOC(=O)CCC1CCS(=O)(=O)CC1.O=C(CCC1CCS(=O)(=O)CC1)OCC(F)(F)F.O=C(CCC1CCS(=O)(=O)CC1)OCCC(F)(F)C(F)(F)F.O=C(CCC1CCS(=O)(=O)CC1)OCCC(F)(F)F. The summed E-state index contributed by atoms with van der Waals surface area (Å²) < 4.78 is 289. The van der Waals surface area contributed by atoms with Crippen LogP contribution >= 0.6 is 0 Å². The predicted molar refractivity (Wildman–Crippen MR) is 259 cm³/mol. The molecule has 0 aliphatic carbocycles. The largest absolute Gasteiger partial charge is 0.465 e. The Morgan fingerprint density at radius 3 is 0.815 bits per heavy atom. The van der Waals surface area contributed by atoms with Crippen molar-refractivity contribution >= 4 is 63.2 Å². The molecule has 4 fully saturated rings. The van der Waals surface area contributed by atoms with Crippen LogP contribution in [-0.2, 0) is 77.5 Å². The topological polar surface area (TPSA) is 242 Å². The molecular weight excluding hydrogens is 1220 g/mol. The molecule has 4 saturated heterocycles. The van der Waals surface area contributed by atoms with Crippen LogP contribution in [0.25, 0.3) is 0 Å². The van der Waals surface area contributed by atoms with Crippen LogP contribution in [0.2, 0.25) is 0 Å². The fraction of sp³-hybridized carbons (Fsp3) is 0.913. The highest BCUT2D eigenvalue weighted by Gasteiger charge is 2.57. The minimum atomic E-state index is -5.66. The molecule has 35 heteroatoms. The van der Waals surface area contributed by atoms with E-state index in [1.807, 2.05) is 0 Å². The molecule has 0 bridgehead atoms. The van der Waals surface area contributed by atoms with E-state index in [1.165, 1.54) is 0 Å². The molecule has 478 valence electrons. The van der Waals surface area contributed by atoms with E-state index in [-0.39, 0.29) is 102 Å². The molecule has 0 atom stereocenters. The molecular formula is C46H69F15O16S4. The number of hydrogen-bond acceptors (Lipinski definition) is 16. The molecule has 4 aliphatic heterocycles. The van der Waals surface area contributed by atoms with Gasteiger partial charge in [-0.3, -0.25) is 19.2 Å². The lowest BCUT2D eigenvalue weighted by Crippen LogP contribution is -2.38. The Kier molecular flexibility index (Phi) is 30.6. The molecule has 0 aromatic carbocycles. The summed E-state index contributed by atoms with van der Waals surface area (Å²) in [7, 11) is -11.8. The second-order valence-electron chi connectivity index (χ2n) is 20.1. The van der Waals surface area contributed by atoms with Gasteiger partial charge in [0.2, 0.25) is 0 Å². The van der Waals surface area contributed by atoms with Crippen molar-refractivity contribution in [2.24, 2.45) is 23.7 Å². The Morgan fingerprint density at radius 2 is 0.593 bits per heavy atom. The van der Waals surface area contributed by atoms with Gasteiger partial charge in [-0.1, -0.05) is 0 Å². The van der Waals surface area contributed by atoms with E-state index in [4.69, 9.17) is 0 Å². The van der Waals surface area contributed by atoms with Crippen molar-refractivity contribution in [3.8, 4) is 0 Å². The number of ether oxygens (including phenoxy) is 4. The van der Waals surface area contributed by atoms with Crippen LogP contribution < -0.4 is 0 Å². The van der Waals surface area contributed by atoms with Crippen molar-refractivity contribution in [1.29, 1.82) is 0 Å². The summed E-state index contributed by atoms with van der Waals surface area (Å²) in [6.45, 7) is -3.88. The van der Waals surface area contributed by atoms with E-state index in [2.05, 4.69) is 18.9 Å². The first-order chi connectivity index (χ1) is 36.7. The molecule has 0 N–H and O–H groups in total. The van der Waals surface area contributed by atoms with Crippen molar-refractivity contribution in [3.05, 3.63) is 0 Å². The molecule has 4 heterocycles. The lowest BCUT2D eigenvalue weighted by Gasteiger charge is -2.23. The van der Waals surface area contributed by atoms with Gasteiger partial charge in [-0.15, -0.1) is 0 Å². The third kappa shape index (κ3) is 35.5. The van der Waals surface area contributed by atoms with E-state index in [1.54, 1.807) is 0 Å². The maximum Gasteiger partial charge on any atom is 0.453 e.